The van der Waals surface area contributed by atoms with Gasteiger partial charge in [0.25, 0.3) is 0 Å². The molecule has 4 nitrogen and oxygen atoms in total. The van der Waals surface area contributed by atoms with Crippen molar-refractivity contribution in [2.75, 3.05) is 0 Å². The van der Waals surface area contributed by atoms with Crippen LogP contribution in [-0.2, 0) is 13.0 Å². The molecule has 104 valence electrons. The fourth-order valence-corrected chi connectivity index (χ4v) is 3.28. The maximum absolute atomic E-state index is 6.32. The van der Waals surface area contributed by atoms with Crippen molar-refractivity contribution >= 4 is 21.6 Å². The van der Waals surface area contributed by atoms with Gasteiger partial charge in [-0.2, -0.15) is 5.10 Å². The zero-order valence-corrected chi connectivity index (χ0v) is 12.3. The Morgan fingerprint density at radius 2 is 2.15 bits per heavy atom. The van der Waals surface area contributed by atoms with E-state index in [1.54, 1.807) is 11.3 Å². The number of hydrogen-bond donors (Lipinski definition) is 1. The van der Waals surface area contributed by atoms with Crippen LogP contribution in [0.3, 0.4) is 0 Å². The van der Waals surface area contributed by atoms with Crippen molar-refractivity contribution in [3.63, 3.8) is 0 Å². The van der Waals surface area contributed by atoms with E-state index in [-0.39, 0.29) is 6.04 Å². The van der Waals surface area contributed by atoms with Gasteiger partial charge in [-0.3, -0.25) is 4.68 Å². The van der Waals surface area contributed by atoms with Crippen molar-refractivity contribution in [2.24, 2.45) is 5.73 Å². The summed E-state index contributed by atoms with van der Waals surface area (Å²) in [7, 11) is 0. The molecular formula is C15H18N4S. The van der Waals surface area contributed by atoms with Crippen LogP contribution >= 0.6 is 11.3 Å². The Hall–Kier alpha value is -1.72. The molecule has 3 aromatic rings. The second-order valence-corrected chi connectivity index (χ2v) is 5.94. The van der Waals surface area contributed by atoms with Crippen LogP contribution in [0.25, 0.3) is 10.2 Å². The number of nitrogens with zero attached hydrogens (tertiary/aromatic N) is 3. The summed E-state index contributed by atoms with van der Waals surface area (Å²) in [6.45, 7) is 3.09. The standard InChI is InChI=1S/C15H18N4S/c1-2-9-19-11(7-8-17-19)10-12(16)15-18-13-5-3-4-6-14(13)20-15/h3-8,12H,2,9-10,16H2,1H3. The van der Waals surface area contributed by atoms with Crippen LogP contribution in [0.5, 0.6) is 0 Å². The lowest BCUT2D eigenvalue weighted by Gasteiger charge is -2.10. The van der Waals surface area contributed by atoms with Gasteiger partial charge >= 0.3 is 0 Å². The largest absolute Gasteiger partial charge is 0.322 e. The van der Waals surface area contributed by atoms with E-state index < -0.39 is 0 Å². The summed E-state index contributed by atoms with van der Waals surface area (Å²) in [4.78, 5) is 4.63. The second-order valence-electron chi connectivity index (χ2n) is 4.88. The van der Waals surface area contributed by atoms with Crippen LogP contribution in [0.2, 0.25) is 0 Å². The van der Waals surface area contributed by atoms with Crippen molar-refractivity contribution in [2.45, 2.75) is 32.4 Å². The Morgan fingerprint density at radius 3 is 2.95 bits per heavy atom. The molecular weight excluding hydrogens is 268 g/mol. The molecule has 1 unspecified atom stereocenters. The summed E-state index contributed by atoms with van der Waals surface area (Å²) in [5.41, 5.74) is 8.53. The van der Waals surface area contributed by atoms with Crippen molar-refractivity contribution in [3.8, 4) is 0 Å². The molecule has 2 N–H and O–H groups in total. The van der Waals surface area contributed by atoms with Gasteiger partial charge in [0.2, 0.25) is 0 Å². The summed E-state index contributed by atoms with van der Waals surface area (Å²) in [5, 5.41) is 5.34. The number of nitrogens with two attached hydrogens (primary N) is 1. The Balaban J connectivity index is 1.81. The first-order chi connectivity index (χ1) is 9.78. The maximum atomic E-state index is 6.32. The van der Waals surface area contributed by atoms with E-state index >= 15 is 0 Å². The van der Waals surface area contributed by atoms with Gasteiger partial charge in [0.1, 0.15) is 5.01 Å². The smallest absolute Gasteiger partial charge is 0.111 e. The van der Waals surface area contributed by atoms with Crippen molar-refractivity contribution in [1.29, 1.82) is 0 Å². The molecule has 2 heterocycles. The number of aryl methyl sites for hydroxylation is 1. The minimum Gasteiger partial charge on any atom is -0.322 e. The number of fused-ring (bicyclic) bond motifs is 1. The molecule has 0 radical (unpaired) electrons. The highest BCUT2D eigenvalue weighted by Gasteiger charge is 2.14. The fourth-order valence-electron chi connectivity index (χ4n) is 2.31. The van der Waals surface area contributed by atoms with Crippen LogP contribution in [0.15, 0.2) is 36.5 Å². The van der Waals surface area contributed by atoms with E-state index in [1.807, 2.05) is 35.1 Å². The third-order valence-electron chi connectivity index (χ3n) is 3.30. The highest BCUT2D eigenvalue weighted by molar-refractivity contribution is 7.18. The van der Waals surface area contributed by atoms with E-state index in [1.165, 1.54) is 10.4 Å². The topological polar surface area (TPSA) is 56.7 Å². The van der Waals surface area contributed by atoms with E-state index in [0.717, 1.165) is 29.9 Å². The Morgan fingerprint density at radius 1 is 1.30 bits per heavy atom. The predicted molar refractivity (Wildman–Crippen MR) is 82.8 cm³/mol. The van der Waals surface area contributed by atoms with Crippen molar-refractivity contribution in [3.05, 3.63) is 47.2 Å². The Bertz CT molecular complexity index is 668. The van der Waals surface area contributed by atoms with Crippen molar-refractivity contribution < 1.29 is 0 Å². The van der Waals surface area contributed by atoms with E-state index in [9.17, 15) is 0 Å². The molecule has 1 aromatic carbocycles. The molecule has 0 saturated carbocycles. The molecule has 0 aliphatic heterocycles. The maximum Gasteiger partial charge on any atom is 0.111 e. The molecule has 0 aliphatic carbocycles. The van der Waals surface area contributed by atoms with Gasteiger partial charge in [0.15, 0.2) is 0 Å². The molecule has 20 heavy (non-hydrogen) atoms. The number of benzene rings is 1. The monoisotopic (exact) mass is 286 g/mol. The summed E-state index contributed by atoms with van der Waals surface area (Å²) >= 11 is 1.68. The molecule has 0 aliphatic rings. The third kappa shape index (κ3) is 2.59. The molecule has 0 amide bonds. The molecule has 0 spiro atoms. The van der Waals surface area contributed by atoms with Gasteiger partial charge in [0.05, 0.1) is 16.3 Å². The zero-order valence-electron chi connectivity index (χ0n) is 11.5. The number of hydrogen-bond acceptors (Lipinski definition) is 4. The lowest BCUT2D eigenvalue weighted by Crippen LogP contribution is -2.16. The summed E-state index contributed by atoms with van der Waals surface area (Å²) < 4.78 is 3.23. The number of thiazole rings is 1. The zero-order chi connectivity index (χ0) is 13.9. The Labute approximate surface area is 122 Å². The van der Waals surface area contributed by atoms with Crippen molar-refractivity contribution in [1.82, 2.24) is 14.8 Å². The van der Waals surface area contributed by atoms with Gasteiger partial charge in [-0.1, -0.05) is 19.1 Å². The average molecular weight is 286 g/mol. The van der Waals surface area contributed by atoms with Crippen LogP contribution in [0.4, 0.5) is 0 Å². The lowest BCUT2D eigenvalue weighted by molar-refractivity contribution is 0.554. The number of para-hydroxylation sites is 1. The van der Waals surface area contributed by atoms with E-state index in [4.69, 9.17) is 5.73 Å². The molecule has 1 atom stereocenters. The predicted octanol–water partition coefficient (Wildman–Crippen LogP) is 3.15. The lowest BCUT2D eigenvalue weighted by atomic mass is 10.2. The first-order valence-corrected chi connectivity index (χ1v) is 7.71. The molecule has 0 saturated heterocycles. The molecule has 3 rings (SSSR count). The van der Waals surface area contributed by atoms with Gasteiger partial charge in [-0.15, -0.1) is 11.3 Å². The van der Waals surface area contributed by atoms with Crippen LogP contribution < -0.4 is 5.73 Å². The minimum absolute atomic E-state index is 0.0697. The van der Waals surface area contributed by atoms with E-state index in [2.05, 4.69) is 23.1 Å². The first-order valence-electron chi connectivity index (χ1n) is 6.89. The van der Waals surface area contributed by atoms with Gasteiger partial charge < -0.3 is 5.73 Å². The summed E-state index contributed by atoms with van der Waals surface area (Å²) in [6.07, 6.45) is 3.70. The first kappa shape index (κ1) is 13.3. The number of aromatic nitrogens is 3. The highest BCUT2D eigenvalue weighted by Crippen LogP contribution is 2.26. The van der Waals surface area contributed by atoms with Gasteiger partial charge in [-0.25, -0.2) is 4.98 Å². The Kier molecular flexibility index (Phi) is 3.80. The van der Waals surface area contributed by atoms with Crippen LogP contribution in [0, 0.1) is 0 Å². The van der Waals surface area contributed by atoms with Gasteiger partial charge in [-0.05, 0) is 24.6 Å². The summed E-state index contributed by atoms with van der Waals surface area (Å²) in [5.74, 6) is 0. The van der Waals surface area contributed by atoms with Crippen LogP contribution in [-0.4, -0.2) is 14.8 Å². The van der Waals surface area contributed by atoms with E-state index in [0.29, 0.717) is 0 Å². The summed E-state index contributed by atoms with van der Waals surface area (Å²) in [6, 6.07) is 10.1. The second kappa shape index (κ2) is 5.73. The van der Waals surface area contributed by atoms with Gasteiger partial charge in [0, 0.05) is 24.9 Å². The molecule has 2 aromatic heterocycles. The SMILES string of the molecule is CCCn1nccc1CC(N)c1nc2ccccc2s1. The minimum atomic E-state index is -0.0697. The highest BCUT2D eigenvalue weighted by atomic mass is 32.1. The van der Waals surface area contributed by atoms with Crippen LogP contribution in [0.1, 0.15) is 30.1 Å². The average Bonchev–Trinajstić information content (AvgIpc) is 3.06. The fraction of sp³-hybridized carbons (Fsp3) is 0.333. The number of rotatable bonds is 5. The molecule has 5 heteroatoms. The molecule has 0 bridgehead atoms. The quantitative estimate of drug-likeness (QED) is 0.784. The molecule has 0 fully saturated rings. The normalized spacial score (nSPS) is 12.9. The third-order valence-corrected chi connectivity index (χ3v) is 4.46.